The van der Waals surface area contributed by atoms with Crippen molar-refractivity contribution in [3.63, 3.8) is 0 Å². The van der Waals surface area contributed by atoms with Gasteiger partial charge in [0, 0.05) is 32.7 Å². The summed E-state index contributed by atoms with van der Waals surface area (Å²) < 4.78 is 5.47. The van der Waals surface area contributed by atoms with Crippen molar-refractivity contribution in [1.29, 1.82) is 0 Å². The normalized spacial score (nSPS) is 18.8. The van der Waals surface area contributed by atoms with Crippen LogP contribution in [0.15, 0.2) is 24.3 Å². The number of hydrogen-bond donors (Lipinski definition) is 0. The molecule has 0 saturated carbocycles. The Labute approximate surface area is 125 Å². The lowest BCUT2D eigenvalue weighted by molar-refractivity contribution is 0.0207. The molecular formula is C15H21ClN2O2. The maximum Gasteiger partial charge on any atom is 0.339 e. The number of carbonyl (C=O) groups is 1. The fraction of sp³-hybridized carbons (Fsp3) is 0.533. The SMILES string of the molecule is C[C@H](CN1CCN(C)CC1)OC(=O)c1ccccc1Cl. The van der Waals surface area contributed by atoms with Crippen molar-refractivity contribution < 1.29 is 9.53 Å². The second-order valence-electron chi connectivity index (χ2n) is 5.30. The summed E-state index contributed by atoms with van der Waals surface area (Å²) in [5.74, 6) is -0.350. The van der Waals surface area contributed by atoms with E-state index >= 15 is 0 Å². The van der Waals surface area contributed by atoms with E-state index in [0.29, 0.717) is 10.6 Å². The lowest BCUT2D eigenvalue weighted by Gasteiger charge is -2.33. The van der Waals surface area contributed by atoms with E-state index in [0.717, 1.165) is 32.7 Å². The summed E-state index contributed by atoms with van der Waals surface area (Å²) in [5.41, 5.74) is 0.430. The molecule has 1 fully saturated rings. The van der Waals surface area contributed by atoms with E-state index in [2.05, 4.69) is 16.8 Å². The third kappa shape index (κ3) is 4.20. The Morgan fingerprint density at radius 3 is 2.60 bits per heavy atom. The summed E-state index contributed by atoms with van der Waals surface area (Å²) in [6.07, 6.45) is -0.137. The highest BCUT2D eigenvalue weighted by molar-refractivity contribution is 6.33. The molecule has 4 nitrogen and oxygen atoms in total. The van der Waals surface area contributed by atoms with Gasteiger partial charge in [0.25, 0.3) is 0 Å². The van der Waals surface area contributed by atoms with Gasteiger partial charge in [-0.15, -0.1) is 0 Å². The number of carbonyl (C=O) groups excluding carboxylic acids is 1. The predicted molar refractivity (Wildman–Crippen MR) is 80.3 cm³/mol. The zero-order valence-electron chi connectivity index (χ0n) is 12.0. The van der Waals surface area contributed by atoms with Gasteiger partial charge >= 0.3 is 5.97 Å². The lowest BCUT2D eigenvalue weighted by Crippen LogP contribution is -2.47. The van der Waals surface area contributed by atoms with Gasteiger partial charge in [-0.25, -0.2) is 4.79 Å². The van der Waals surface area contributed by atoms with E-state index in [1.165, 1.54) is 0 Å². The Balaban J connectivity index is 1.84. The zero-order valence-corrected chi connectivity index (χ0v) is 12.8. The van der Waals surface area contributed by atoms with Crippen molar-refractivity contribution in [3.8, 4) is 0 Å². The number of likely N-dealkylation sites (N-methyl/N-ethyl adjacent to an activating group) is 1. The predicted octanol–water partition coefficient (Wildman–Crippen LogP) is 2.13. The fourth-order valence-electron chi connectivity index (χ4n) is 2.30. The first-order valence-corrected chi connectivity index (χ1v) is 7.30. The number of rotatable bonds is 4. The van der Waals surface area contributed by atoms with Crippen molar-refractivity contribution in [1.82, 2.24) is 9.80 Å². The van der Waals surface area contributed by atoms with Gasteiger partial charge in [-0.05, 0) is 26.1 Å². The van der Waals surface area contributed by atoms with Crippen LogP contribution in [0.1, 0.15) is 17.3 Å². The summed E-state index contributed by atoms with van der Waals surface area (Å²) in [6, 6.07) is 6.97. The molecule has 0 aromatic heterocycles. The number of hydrogen-bond acceptors (Lipinski definition) is 4. The van der Waals surface area contributed by atoms with Gasteiger partial charge in [0.2, 0.25) is 0 Å². The largest absolute Gasteiger partial charge is 0.458 e. The van der Waals surface area contributed by atoms with E-state index in [1.807, 2.05) is 6.92 Å². The third-order valence-corrected chi connectivity index (χ3v) is 3.84. The van der Waals surface area contributed by atoms with Crippen LogP contribution in [0.5, 0.6) is 0 Å². The fourth-order valence-corrected chi connectivity index (χ4v) is 2.52. The van der Waals surface area contributed by atoms with Gasteiger partial charge in [0.15, 0.2) is 0 Å². The first kappa shape index (κ1) is 15.3. The number of halogens is 1. The Morgan fingerprint density at radius 1 is 1.30 bits per heavy atom. The molecule has 20 heavy (non-hydrogen) atoms. The maximum atomic E-state index is 12.0. The van der Waals surface area contributed by atoms with Crippen LogP contribution in [0.3, 0.4) is 0 Å². The molecule has 1 aliphatic rings. The van der Waals surface area contributed by atoms with Crippen LogP contribution in [0.4, 0.5) is 0 Å². The van der Waals surface area contributed by atoms with Crippen LogP contribution in [-0.2, 0) is 4.74 Å². The van der Waals surface area contributed by atoms with Crippen LogP contribution in [0.25, 0.3) is 0 Å². The van der Waals surface area contributed by atoms with Crippen LogP contribution < -0.4 is 0 Å². The zero-order chi connectivity index (χ0) is 14.5. The molecule has 1 aromatic rings. The smallest absolute Gasteiger partial charge is 0.339 e. The Bertz CT molecular complexity index is 459. The van der Waals surface area contributed by atoms with Gasteiger partial charge in [-0.3, -0.25) is 4.90 Å². The van der Waals surface area contributed by atoms with Gasteiger partial charge in [-0.2, -0.15) is 0 Å². The van der Waals surface area contributed by atoms with E-state index in [4.69, 9.17) is 16.3 Å². The van der Waals surface area contributed by atoms with Crippen LogP contribution in [0, 0.1) is 0 Å². The summed E-state index contributed by atoms with van der Waals surface area (Å²) in [6.45, 7) is 6.85. The first-order valence-electron chi connectivity index (χ1n) is 6.92. The summed E-state index contributed by atoms with van der Waals surface area (Å²) in [4.78, 5) is 16.7. The maximum absolute atomic E-state index is 12.0. The van der Waals surface area contributed by atoms with Gasteiger partial charge in [0.1, 0.15) is 6.10 Å². The van der Waals surface area contributed by atoms with Gasteiger partial charge in [0.05, 0.1) is 10.6 Å². The highest BCUT2D eigenvalue weighted by atomic mass is 35.5. The Hall–Kier alpha value is -1.10. The molecule has 1 heterocycles. The molecule has 1 atom stereocenters. The van der Waals surface area contributed by atoms with Crippen LogP contribution in [-0.4, -0.2) is 61.6 Å². The van der Waals surface area contributed by atoms with Crippen LogP contribution >= 0.6 is 11.6 Å². The number of esters is 1. The quantitative estimate of drug-likeness (QED) is 0.797. The molecule has 0 radical (unpaired) electrons. The molecule has 5 heteroatoms. The van der Waals surface area contributed by atoms with E-state index in [-0.39, 0.29) is 12.1 Å². The molecule has 1 aromatic carbocycles. The monoisotopic (exact) mass is 296 g/mol. The van der Waals surface area contributed by atoms with Crippen molar-refractivity contribution in [3.05, 3.63) is 34.9 Å². The highest BCUT2D eigenvalue weighted by Crippen LogP contribution is 2.16. The molecule has 110 valence electrons. The molecule has 0 spiro atoms. The van der Waals surface area contributed by atoms with Crippen molar-refractivity contribution in [2.24, 2.45) is 0 Å². The molecule has 0 N–H and O–H groups in total. The molecule has 0 aliphatic carbocycles. The molecule has 0 amide bonds. The number of benzene rings is 1. The standard InChI is InChI=1S/C15H21ClN2O2/c1-12(11-18-9-7-17(2)8-10-18)20-15(19)13-5-3-4-6-14(13)16/h3-6,12H,7-11H2,1-2H3/t12-/m1/s1. The molecule has 0 unspecified atom stereocenters. The lowest BCUT2D eigenvalue weighted by atomic mass is 10.2. The van der Waals surface area contributed by atoms with E-state index < -0.39 is 0 Å². The average Bonchev–Trinajstić information content (AvgIpc) is 2.41. The molecular weight excluding hydrogens is 276 g/mol. The molecule has 1 saturated heterocycles. The summed E-state index contributed by atoms with van der Waals surface area (Å²) >= 11 is 5.99. The average molecular weight is 297 g/mol. The minimum absolute atomic E-state index is 0.137. The Kier molecular flexibility index (Phi) is 5.40. The first-order chi connectivity index (χ1) is 9.56. The molecule has 0 bridgehead atoms. The number of ether oxygens (including phenoxy) is 1. The summed E-state index contributed by atoms with van der Waals surface area (Å²) in [7, 11) is 2.12. The minimum atomic E-state index is -0.350. The van der Waals surface area contributed by atoms with Crippen molar-refractivity contribution >= 4 is 17.6 Å². The topological polar surface area (TPSA) is 32.8 Å². The second kappa shape index (κ2) is 7.07. The van der Waals surface area contributed by atoms with E-state index in [1.54, 1.807) is 24.3 Å². The van der Waals surface area contributed by atoms with Crippen LogP contribution in [0.2, 0.25) is 5.02 Å². The minimum Gasteiger partial charge on any atom is -0.458 e. The van der Waals surface area contributed by atoms with Gasteiger partial charge in [-0.1, -0.05) is 23.7 Å². The Morgan fingerprint density at radius 2 is 1.95 bits per heavy atom. The number of nitrogens with zero attached hydrogens (tertiary/aromatic N) is 2. The molecule has 1 aliphatic heterocycles. The van der Waals surface area contributed by atoms with E-state index in [9.17, 15) is 4.79 Å². The van der Waals surface area contributed by atoms with Gasteiger partial charge < -0.3 is 9.64 Å². The highest BCUT2D eigenvalue weighted by Gasteiger charge is 2.19. The second-order valence-corrected chi connectivity index (χ2v) is 5.71. The third-order valence-electron chi connectivity index (χ3n) is 3.51. The van der Waals surface area contributed by atoms with Crippen molar-refractivity contribution in [2.75, 3.05) is 39.8 Å². The number of piperazine rings is 1. The summed E-state index contributed by atoms with van der Waals surface area (Å²) in [5, 5.41) is 0.435. The molecule has 2 rings (SSSR count). The van der Waals surface area contributed by atoms with Crippen molar-refractivity contribution in [2.45, 2.75) is 13.0 Å².